The van der Waals surface area contributed by atoms with E-state index in [4.69, 9.17) is 0 Å². The van der Waals surface area contributed by atoms with Crippen molar-refractivity contribution in [2.75, 3.05) is 25.1 Å². The van der Waals surface area contributed by atoms with Gasteiger partial charge in [-0.05, 0) is 37.7 Å². The van der Waals surface area contributed by atoms with Crippen LogP contribution in [0.4, 0.5) is 0 Å². The Labute approximate surface area is 160 Å². The molecule has 1 heterocycles. The number of thioether (sulfide) groups is 1. The summed E-state index contributed by atoms with van der Waals surface area (Å²) in [4.78, 5) is 9.23. The first kappa shape index (κ1) is 22.0. The summed E-state index contributed by atoms with van der Waals surface area (Å²) in [7, 11) is 0. The minimum atomic E-state index is 0. The van der Waals surface area contributed by atoms with Crippen molar-refractivity contribution in [3.63, 3.8) is 0 Å². The van der Waals surface area contributed by atoms with Gasteiger partial charge in [-0.3, -0.25) is 0 Å². The van der Waals surface area contributed by atoms with Crippen LogP contribution in [0.25, 0.3) is 0 Å². The monoisotopic (exact) mass is 456 g/mol. The first-order chi connectivity index (χ1) is 10.2. The van der Waals surface area contributed by atoms with Crippen LogP contribution in [-0.2, 0) is 6.54 Å². The van der Waals surface area contributed by atoms with Gasteiger partial charge in [-0.25, -0.2) is 9.98 Å². The fourth-order valence-corrected chi connectivity index (χ4v) is 3.10. The van der Waals surface area contributed by atoms with E-state index in [1.807, 2.05) is 11.8 Å². The molecule has 0 saturated heterocycles. The molecule has 1 aromatic heterocycles. The van der Waals surface area contributed by atoms with E-state index < -0.39 is 0 Å². The highest BCUT2D eigenvalue weighted by molar-refractivity contribution is 14.0. The summed E-state index contributed by atoms with van der Waals surface area (Å²) >= 11 is 3.60. The molecule has 128 valence electrons. The lowest BCUT2D eigenvalue weighted by atomic mass is 10.2. The SMILES string of the molecule is CCNC(=NCc1nc(C(C)C)cs1)NCCCCSC.I. The number of unbranched alkanes of at least 4 members (excludes halogenated alkanes) is 1. The molecule has 0 bridgehead atoms. The molecule has 0 amide bonds. The molecule has 0 radical (unpaired) electrons. The second-order valence-corrected chi connectivity index (χ2v) is 7.07. The molecule has 0 aliphatic carbocycles. The van der Waals surface area contributed by atoms with E-state index in [2.05, 4.69) is 53.0 Å². The lowest BCUT2D eigenvalue weighted by Crippen LogP contribution is -2.37. The second kappa shape index (κ2) is 13.4. The molecule has 22 heavy (non-hydrogen) atoms. The number of hydrogen-bond donors (Lipinski definition) is 2. The first-order valence-corrected chi connectivity index (χ1v) is 9.90. The zero-order valence-corrected chi connectivity index (χ0v) is 18.0. The van der Waals surface area contributed by atoms with Crippen LogP contribution in [0.1, 0.15) is 50.2 Å². The molecule has 4 nitrogen and oxygen atoms in total. The van der Waals surface area contributed by atoms with Gasteiger partial charge in [-0.1, -0.05) is 13.8 Å². The lowest BCUT2D eigenvalue weighted by Gasteiger charge is -2.10. The Morgan fingerprint density at radius 2 is 2.14 bits per heavy atom. The Morgan fingerprint density at radius 3 is 2.73 bits per heavy atom. The van der Waals surface area contributed by atoms with Gasteiger partial charge in [-0.2, -0.15) is 11.8 Å². The average molecular weight is 456 g/mol. The molecule has 0 fully saturated rings. The second-order valence-electron chi connectivity index (χ2n) is 5.14. The van der Waals surface area contributed by atoms with Crippen molar-refractivity contribution < 1.29 is 0 Å². The third-order valence-corrected chi connectivity index (χ3v) is 4.49. The number of guanidine groups is 1. The van der Waals surface area contributed by atoms with E-state index in [9.17, 15) is 0 Å². The summed E-state index contributed by atoms with van der Waals surface area (Å²) in [5, 5.41) is 9.89. The van der Waals surface area contributed by atoms with Gasteiger partial charge in [-0.15, -0.1) is 35.3 Å². The molecule has 0 saturated carbocycles. The van der Waals surface area contributed by atoms with Crippen molar-refractivity contribution in [1.82, 2.24) is 15.6 Å². The summed E-state index contributed by atoms with van der Waals surface area (Å²) in [6.07, 6.45) is 4.58. The molecule has 1 rings (SSSR count). The fourth-order valence-electron chi connectivity index (χ4n) is 1.73. The maximum atomic E-state index is 4.62. The molecular weight excluding hydrogens is 427 g/mol. The van der Waals surface area contributed by atoms with Crippen molar-refractivity contribution in [2.24, 2.45) is 4.99 Å². The number of hydrogen-bond acceptors (Lipinski definition) is 4. The van der Waals surface area contributed by atoms with E-state index in [-0.39, 0.29) is 24.0 Å². The van der Waals surface area contributed by atoms with E-state index in [1.54, 1.807) is 11.3 Å². The van der Waals surface area contributed by atoms with Gasteiger partial charge in [0, 0.05) is 18.5 Å². The quantitative estimate of drug-likeness (QED) is 0.255. The zero-order chi connectivity index (χ0) is 15.5. The van der Waals surface area contributed by atoms with E-state index in [0.717, 1.165) is 24.1 Å². The Kier molecular flexibility index (Phi) is 13.4. The molecule has 0 spiro atoms. The van der Waals surface area contributed by atoms with E-state index in [1.165, 1.54) is 24.3 Å². The van der Waals surface area contributed by atoms with Crippen molar-refractivity contribution in [1.29, 1.82) is 0 Å². The van der Waals surface area contributed by atoms with Crippen molar-refractivity contribution in [3.8, 4) is 0 Å². The zero-order valence-electron chi connectivity index (χ0n) is 14.0. The maximum Gasteiger partial charge on any atom is 0.191 e. The van der Waals surface area contributed by atoms with Gasteiger partial charge >= 0.3 is 0 Å². The van der Waals surface area contributed by atoms with Gasteiger partial charge < -0.3 is 10.6 Å². The summed E-state index contributed by atoms with van der Waals surface area (Å²) in [5.74, 6) is 2.61. The summed E-state index contributed by atoms with van der Waals surface area (Å²) < 4.78 is 0. The summed E-state index contributed by atoms with van der Waals surface area (Å²) in [6.45, 7) is 8.93. The summed E-state index contributed by atoms with van der Waals surface area (Å²) in [5.41, 5.74) is 1.17. The Morgan fingerprint density at radius 1 is 1.36 bits per heavy atom. The van der Waals surface area contributed by atoms with Crippen molar-refractivity contribution in [3.05, 3.63) is 16.1 Å². The van der Waals surface area contributed by atoms with Gasteiger partial charge in [0.2, 0.25) is 0 Å². The standard InChI is InChI=1S/C15H28N4S2.HI/c1-5-16-15(17-8-6-7-9-20-4)18-10-14-19-13(11-21-14)12(2)3;/h11-12H,5-10H2,1-4H3,(H2,16,17,18);1H. The largest absolute Gasteiger partial charge is 0.357 e. The lowest BCUT2D eigenvalue weighted by molar-refractivity contribution is 0.733. The van der Waals surface area contributed by atoms with Crippen LogP contribution < -0.4 is 10.6 Å². The number of nitrogens with one attached hydrogen (secondary N) is 2. The molecule has 2 N–H and O–H groups in total. The highest BCUT2D eigenvalue weighted by Crippen LogP contribution is 2.18. The van der Waals surface area contributed by atoms with Crippen LogP contribution in [0.5, 0.6) is 0 Å². The number of rotatable bonds is 9. The number of halogens is 1. The molecule has 0 aromatic carbocycles. The topological polar surface area (TPSA) is 49.3 Å². The molecule has 0 aliphatic rings. The number of aromatic nitrogens is 1. The highest BCUT2D eigenvalue weighted by Gasteiger charge is 2.05. The van der Waals surface area contributed by atoms with Gasteiger partial charge in [0.15, 0.2) is 5.96 Å². The van der Waals surface area contributed by atoms with Gasteiger partial charge in [0.05, 0.1) is 12.2 Å². The van der Waals surface area contributed by atoms with Gasteiger partial charge in [0.25, 0.3) is 0 Å². The first-order valence-electron chi connectivity index (χ1n) is 7.62. The van der Waals surface area contributed by atoms with Crippen LogP contribution >= 0.6 is 47.1 Å². The van der Waals surface area contributed by atoms with Crippen LogP contribution in [0.15, 0.2) is 10.4 Å². The van der Waals surface area contributed by atoms with Crippen molar-refractivity contribution in [2.45, 2.75) is 46.1 Å². The van der Waals surface area contributed by atoms with Crippen LogP contribution in [0.3, 0.4) is 0 Å². The molecule has 0 unspecified atom stereocenters. The molecule has 0 atom stereocenters. The van der Waals surface area contributed by atoms with Crippen molar-refractivity contribution >= 4 is 53.0 Å². The normalized spacial score (nSPS) is 11.4. The molecular formula is C15H29IN4S2. The Balaban J connectivity index is 0.00000441. The molecule has 7 heteroatoms. The number of thiazole rings is 1. The summed E-state index contributed by atoms with van der Waals surface area (Å²) in [6, 6.07) is 0. The number of nitrogens with zero attached hydrogens (tertiary/aromatic N) is 2. The van der Waals surface area contributed by atoms with Crippen LogP contribution in [-0.4, -0.2) is 36.0 Å². The number of aliphatic imine (C=N–C) groups is 1. The van der Waals surface area contributed by atoms with E-state index in [0.29, 0.717) is 12.5 Å². The predicted molar refractivity (Wildman–Crippen MR) is 112 cm³/mol. The van der Waals surface area contributed by atoms with Crippen LogP contribution in [0, 0.1) is 0 Å². The third-order valence-electron chi connectivity index (χ3n) is 2.95. The average Bonchev–Trinajstić information content (AvgIpc) is 2.93. The van der Waals surface area contributed by atoms with Crippen LogP contribution in [0.2, 0.25) is 0 Å². The minimum absolute atomic E-state index is 0. The maximum absolute atomic E-state index is 4.62. The highest BCUT2D eigenvalue weighted by atomic mass is 127. The predicted octanol–water partition coefficient (Wildman–Crippen LogP) is 4.08. The Bertz CT molecular complexity index is 421. The third kappa shape index (κ3) is 9.19. The smallest absolute Gasteiger partial charge is 0.191 e. The Hall–Kier alpha value is -0.0200. The molecule has 1 aromatic rings. The molecule has 0 aliphatic heterocycles. The van der Waals surface area contributed by atoms with E-state index >= 15 is 0 Å². The fraction of sp³-hybridized carbons (Fsp3) is 0.733. The van der Waals surface area contributed by atoms with Gasteiger partial charge in [0.1, 0.15) is 5.01 Å². The minimum Gasteiger partial charge on any atom is -0.357 e.